The maximum Gasteiger partial charge on any atom is 0.389 e. The number of rotatable bonds is 5. The molecule has 1 amide bonds. The molecule has 2 nitrogen and oxygen atoms in total. The second-order valence-corrected chi connectivity index (χ2v) is 2.86. The molecule has 0 saturated carbocycles. The number of unbranched alkanes of at least 4 members (excludes halogenated alkanes) is 1. The summed E-state index contributed by atoms with van der Waals surface area (Å²) in [4.78, 5) is 10.8. The number of carbonyl (C=O) groups is 1. The molecule has 82 valence electrons. The maximum absolute atomic E-state index is 11.7. The molecule has 0 heterocycles. The van der Waals surface area contributed by atoms with E-state index in [4.69, 9.17) is 0 Å². The molecule has 0 aromatic rings. The average molecular weight is 209 g/mol. The van der Waals surface area contributed by atoms with Gasteiger partial charge in [-0.3, -0.25) is 4.79 Å². The zero-order valence-corrected chi connectivity index (χ0v) is 8.03. The average Bonchev–Trinajstić information content (AvgIpc) is 2.02. The summed E-state index contributed by atoms with van der Waals surface area (Å²) in [5.41, 5.74) is 0. The fraction of sp³-hybridized carbons (Fsp3) is 0.667. The van der Waals surface area contributed by atoms with E-state index < -0.39 is 12.6 Å². The number of carbonyl (C=O) groups excluding carboxylic acids is 1. The largest absolute Gasteiger partial charge is 0.389 e. The van der Waals surface area contributed by atoms with Crippen LogP contribution in [0, 0.1) is 0 Å². The molecule has 14 heavy (non-hydrogen) atoms. The second-order valence-electron chi connectivity index (χ2n) is 2.86. The van der Waals surface area contributed by atoms with Crippen molar-refractivity contribution < 1.29 is 18.0 Å². The SMILES string of the molecule is C/C=C/C(=O)NCCCCC(F)(F)F. The van der Waals surface area contributed by atoms with Gasteiger partial charge in [0.2, 0.25) is 5.91 Å². The summed E-state index contributed by atoms with van der Waals surface area (Å²) in [5.74, 6) is -0.264. The Balaban J connectivity index is 3.35. The summed E-state index contributed by atoms with van der Waals surface area (Å²) >= 11 is 0. The summed E-state index contributed by atoms with van der Waals surface area (Å²) < 4.78 is 35.0. The Bertz CT molecular complexity index is 199. The number of nitrogens with one attached hydrogen (secondary N) is 1. The molecule has 0 unspecified atom stereocenters. The smallest absolute Gasteiger partial charge is 0.353 e. The molecule has 1 N–H and O–H groups in total. The number of allylic oxidation sites excluding steroid dienone is 1. The fourth-order valence-electron chi connectivity index (χ4n) is 0.872. The van der Waals surface area contributed by atoms with Crippen LogP contribution < -0.4 is 5.32 Å². The Morgan fingerprint density at radius 1 is 1.36 bits per heavy atom. The van der Waals surface area contributed by atoms with Gasteiger partial charge in [-0.05, 0) is 25.8 Å². The van der Waals surface area contributed by atoms with Gasteiger partial charge in [0, 0.05) is 13.0 Å². The Morgan fingerprint density at radius 2 is 2.00 bits per heavy atom. The third-order valence-corrected chi connectivity index (χ3v) is 1.50. The van der Waals surface area contributed by atoms with Crippen molar-refractivity contribution in [2.24, 2.45) is 0 Å². The minimum Gasteiger partial charge on any atom is -0.353 e. The normalized spacial score (nSPS) is 12.0. The van der Waals surface area contributed by atoms with Crippen molar-refractivity contribution in [3.63, 3.8) is 0 Å². The fourth-order valence-corrected chi connectivity index (χ4v) is 0.872. The van der Waals surface area contributed by atoms with E-state index in [1.54, 1.807) is 13.0 Å². The van der Waals surface area contributed by atoms with Crippen LogP contribution >= 0.6 is 0 Å². The van der Waals surface area contributed by atoms with Crippen LogP contribution in [0.15, 0.2) is 12.2 Å². The molecule has 0 saturated heterocycles. The van der Waals surface area contributed by atoms with E-state index in [-0.39, 0.29) is 12.3 Å². The van der Waals surface area contributed by atoms with Gasteiger partial charge in [-0.1, -0.05) is 6.08 Å². The van der Waals surface area contributed by atoms with E-state index in [0.717, 1.165) is 0 Å². The molecule has 5 heteroatoms. The second kappa shape index (κ2) is 6.45. The molecule has 0 rings (SSSR count). The summed E-state index contributed by atoms with van der Waals surface area (Å²) in [7, 11) is 0. The van der Waals surface area contributed by atoms with Gasteiger partial charge in [0.25, 0.3) is 0 Å². The van der Waals surface area contributed by atoms with Crippen molar-refractivity contribution >= 4 is 5.91 Å². The van der Waals surface area contributed by atoms with E-state index in [2.05, 4.69) is 5.32 Å². The van der Waals surface area contributed by atoms with Gasteiger partial charge in [-0.2, -0.15) is 13.2 Å². The molecule has 0 fully saturated rings. The molecule has 0 bridgehead atoms. The van der Waals surface area contributed by atoms with Crippen LogP contribution in [0.4, 0.5) is 13.2 Å². The molecule has 0 aliphatic carbocycles. The zero-order valence-electron chi connectivity index (χ0n) is 8.03. The molecule has 0 radical (unpaired) electrons. The molecule has 0 aliphatic heterocycles. The quantitative estimate of drug-likeness (QED) is 0.546. The highest BCUT2D eigenvalue weighted by Crippen LogP contribution is 2.21. The lowest BCUT2D eigenvalue weighted by molar-refractivity contribution is -0.135. The van der Waals surface area contributed by atoms with Crippen LogP contribution in [-0.4, -0.2) is 18.6 Å². The number of amides is 1. The Kier molecular flexibility index (Phi) is 5.99. The predicted molar refractivity (Wildman–Crippen MR) is 47.7 cm³/mol. The highest BCUT2D eigenvalue weighted by Gasteiger charge is 2.25. The summed E-state index contributed by atoms with van der Waals surface area (Å²) in [6.07, 6.45) is -1.56. The first kappa shape index (κ1) is 13.0. The van der Waals surface area contributed by atoms with Gasteiger partial charge in [0.15, 0.2) is 0 Å². The first-order chi connectivity index (χ1) is 6.45. The molecule has 0 aromatic carbocycles. The van der Waals surface area contributed by atoms with Crippen molar-refractivity contribution in [3.05, 3.63) is 12.2 Å². The number of hydrogen-bond donors (Lipinski definition) is 1. The van der Waals surface area contributed by atoms with Crippen LogP contribution in [0.1, 0.15) is 26.2 Å². The van der Waals surface area contributed by atoms with Crippen LogP contribution in [0.2, 0.25) is 0 Å². The summed E-state index contributed by atoms with van der Waals surface area (Å²) in [6, 6.07) is 0. The molecular formula is C9H14F3NO. The zero-order chi connectivity index (χ0) is 11.0. The third kappa shape index (κ3) is 9.09. The minimum atomic E-state index is -4.09. The van der Waals surface area contributed by atoms with Crippen LogP contribution in [-0.2, 0) is 4.79 Å². The highest BCUT2D eigenvalue weighted by atomic mass is 19.4. The lowest BCUT2D eigenvalue weighted by atomic mass is 10.2. The monoisotopic (exact) mass is 209 g/mol. The molecular weight excluding hydrogens is 195 g/mol. The number of alkyl halides is 3. The minimum absolute atomic E-state index is 0.0552. The molecule has 0 aliphatic rings. The topological polar surface area (TPSA) is 29.1 Å². The van der Waals surface area contributed by atoms with Gasteiger partial charge in [-0.15, -0.1) is 0 Å². The van der Waals surface area contributed by atoms with Gasteiger partial charge in [0.1, 0.15) is 0 Å². The number of halogens is 3. The molecule has 0 aromatic heterocycles. The molecule has 0 atom stereocenters. The Labute approximate surface area is 81.2 Å². The van der Waals surface area contributed by atoms with Crippen molar-refractivity contribution in [2.45, 2.75) is 32.4 Å². The van der Waals surface area contributed by atoms with Crippen molar-refractivity contribution in [3.8, 4) is 0 Å². The first-order valence-corrected chi connectivity index (χ1v) is 4.43. The summed E-state index contributed by atoms with van der Waals surface area (Å²) in [5, 5.41) is 2.48. The van der Waals surface area contributed by atoms with E-state index >= 15 is 0 Å². The lowest BCUT2D eigenvalue weighted by Crippen LogP contribution is -2.22. The maximum atomic E-state index is 11.7. The Hall–Kier alpha value is -1.00. The van der Waals surface area contributed by atoms with Crippen molar-refractivity contribution in [1.29, 1.82) is 0 Å². The highest BCUT2D eigenvalue weighted by molar-refractivity contribution is 5.87. The van der Waals surface area contributed by atoms with Gasteiger partial charge < -0.3 is 5.32 Å². The van der Waals surface area contributed by atoms with Gasteiger partial charge in [-0.25, -0.2) is 0 Å². The number of hydrogen-bond acceptors (Lipinski definition) is 1. The van der Waals surface area contributed by atoms with E-state index in [0.29, 0.717) is 13.0 Å². The van der Waals surface area contributed by atoms with Crippen LogP contribution in [0.5, 0.6) is 0 Å². The first-order valence-electron chi connectivity index (χ1n) is 4.43. The van der Waals surface area contributed by atoms with Gasteiger partial charge in [0.05, 0.1) is 0 Å². The van der Waals surface area contributed by atoms with Crippen molar-refractivity contribution in [1.82, 2.24) is 5.32 Å². The third-order valence-electron chi connectivity index (χ3n) is 1.50. The van der Waals surface area contributed by atoms with E-state index in [1.807, 2.05) is 0 Å². The van der Waals surface area contributed by atoms with E-state index in [9.17, 15) is 18.0 Å². The predicted octanol–water partition coefficient (Wildman–Crippen LogP) is 2.41. The van der Waals surface area contributed by atoms with Crippen molar-refractivity contribution in [2.75, 3.05) is 6.54 Å². The molecule has 0 spiro atoms. The summed E-state index contributed by atoms with van der Waals surface area (Å²) in [6.45, 7) is 1.99. The lowest BCUT2D eigenvalue weighted by Gasteiger charge is -2.05. The van der Waals surface area contributed by atoms with E-state index in [1.165, 1.54) is 6.08 Å². The van der Waals surface area contributed by atoms with Gasteiger partial charge >= 0.3 is 6.18 Å². The van der Waals surface area contributed by atoms with Crippen LogP contribution in [0.3, 0.4) is 0 Å². The standard InChI is InChI=1S/C9H14F3NO/c1-2-5-8(14)13-7-4-3-6-9(10,11)12/h2,5H,3-4,6-7H2,1H3,(H,13,14)/b5-2+. The Morgan fingerprint density at radius 3 is 2.50 bits per heavy atom. The van der Waals surface area contributed by atoms with Crippen LogP contribution in [0.25, 0.3) is 0 Å².